The first kappa shape index (κ1) is 13.1. The summed E-state index contributed by atoms with van der Waals surface area (Å²) in [4.78, 5) is 6.87. The molecular weight excluding hydrogens is 254 g/mol. The molecule has 7 heteroatoms. The molecule has 1 aliphatic heterocycles. The number of aromatic amines is 1. The van der Waals surface area contributed by atoms with E-state index in [1.807, 2.05) is 17.9 Å². The fraction of sp³-hybridized carbons (Fsp3) is 0.615. The average molecular weight is 275 g/mol. The second-order valence-corrected chi connectivity index (χ2v) is 5.09. The van der Waals surface area contributed by atoms with Gasteiger partial charge in [0.15, 0.2) is 5.82 Å². The van der Waals surface area contributed by atoms with Crippen molar-refractivity contribution in [2.24, 2.45) is 7.05 Å². The Labute approximate surface area is 118 Å². The molecule has 7 nitrogen and oxygen atoms in total. The molecule has 20 heavy (non-hydrogen) atoms. The van der Waals surface area contributed by atoms with Gasteiger partial charge in [-0.2, -0.15) is 10.1 Å². The van der Waals surface area contributed by atoms with Crippen LogP contribution in [0.1, 0.15) is 19.0 Å². The fourth-order valence-electron chi connectivity index (χ4n) is 2.55. The number of hydrogen-bond donors (Lipinski definition) is 2. The Morgan fingerprint density at radius 1 is 1.30 bits per heavy atom. The van der Waals surface area contributed by atoms with Crippen LogP contribution in [0.5, 0.6) is 0 Å². The van der Waals surface area contributed by atoms with Crippen molar-refractivity contribution in [3.8, 4) is 11.4 Å². The molecule has 108 valence electrons. The van der Waals surface area contributed by atoms with Crippen LogP contribution in [0.4, 0.5) is 5.95 Å². The predicted octanol–water partition coefficient (Wildman–Crippen LogP) is 0.567. The first-order chi connectivity index (χ1) is 9.78. The minimum Gasteiger partial charge on any atom is -0.338 e. The molecule has 3 rings (SSSR count). The van der Waals surface area contributed by atoms with E-state index in [2.05, 4.69) is 37.4 Å². The zero-order chi connectivity index (χ0) is 13.9. The third-order valence-electron chi connectivity index (χ3n) is 3.59. The van der Waals surface area contributed by atoms with E-state index in [4.69, 9.17) is 0 Å². The highest BCUT2D eigenvalue weighted by atomic mass is 15.4. The van der Waals surface area contributed by atoms with Gasteiger partial charge in [0.25, 0.3) is 0 Å². The van der Waals surface area contributed by atoms with Gasteiger partial charge in [0, 0.05) is 32.9 Å². The van der Waals surface area contributed by atoms with Crippen molar-refractivity contribution in [3.05, 3.63) is 11.9 Å². The number of nitrogens with zero attached hydrogens (tertiary/aromatic N) is 5. The molecule has 0 bridgehead atoms. The number of rotatable bonds is 3. The van der Waals surface area contributed by atoms with E-state index in [9.17, 15) is 0 Å². The van der Waals surface area contributed by atoms with Gasteiger partial charge < -0.3 is 10.2 Å². The van der Waals surface area contributed by atoms with Gasteiger partial charge in [-0.3, -0.25) is 9.78 Å². The largest absolute Gasteiger partial charge is 0.338 e. The van der Waals surface area contributed by atoms with Crippen molar-refractivity contribution in [2.45, 2.75) is 19.8 Å². The van der Waals surface area contributed by atoms with E-state index < -0.39 is 0 Å². The van der Waals surface area contributed by atoms with Crippen LogP contribution in [0.25, 0.3) is 11.4 Å². The smallest absolute Gasteiger partial charge is 0.245 e. The Bertz CT molecular complexity index is 563. The van der Waals surface area contributed by atoms with Gasteiger partial charge in [0.2, 0.25) is 5.95 Å². The molecule has 0 unspecified atom stereocenters. The SMILES string of the molecule is CCc1nn(C)cc1-c1nc(N2CCCNCC2)n[nH]1. The summed E-state index contributed by atoms with van der Waals surface area (Å²) < 4.78 is 1.83. The predicted molar refractivity (Wildman–Crippen MR) is 77.7 cm³/mol. The Morgan fingerprint density at radius 3 is 3.05 bits per heavy atom. The lowest BCUT2D eigenvalue weighted by atomic mass is 10.2. The molecule has 0 atom stereocenters. The van der Waals surface area contributed by atoms with Crippen LogP contribution in [-0.4, -0.2) is 51.1 Å². The summed E-state index contributed by atoms with van der Waals surface area (Å²) in [7, 11) is 1.93. The third kappa shape index (κ3) is 2.53. The molecular formula is C13H21N7. The maximum Gasteiger partial charge on any atom is 0.245 e. The van der Waals surface area contributed by atoms with Gasteiger partial charge in [-0.25, -0.2) is 0 Å². The number of anilines is 1. The minimum atomic E-state index is 0.787. The number of aryl methyl sites for hydroxylation is 2. The van der Waals surface area contributed by atoms with E-state index in [-0.39, 0.29) is 0 Å². The van der Waals surface area contributed by atoms with Crippen LogP contribution < -0.4 is 10.2 Å². The summed E-state index contributed by atoms with van der Waals surface area (Å²) in [6.45, 7) is 6.10. The standard InChI is InChI=1S/C13H21N7/c1-3-11-10(9-19(2)18-11)12-15-13(17-16-12)20-7-4-5-14-6-8-20/h9,14H,3-8H2,1-2H3,(H,15,16,17). The molecule has 1 saturated heterocycles. The maximum atomic E-state index is 4.65. The highest BCUT2D eigenvalue weighted by Gasteiger charge is 2.17. The quantitative estimate of drug-likeness (QED) is 0.856. The lowest BCUT2D eigenvalue weighted by Crippen LogP contribution is -2.28. The molecule has 0 spiro atoms. The second kappa shape index (κ2) is 5.62. The minimum absolute atomic E-state index is 0.787. The van der Waals surface area contributed by atoms with Crippen molar-refractivity contribution in [1.29, 1.82) is 0 Å². The normalized spacial score (nSPS) is 16.4. The number of nitrogens with one attached hydrogen (secondary N) is 2. The van der Waals surface area contributed by atoms with Crippen LogP contribution >= 0.6 is 0 Å². The first-order valence-corrected chi connectivity index (χ1v) is 7.19. The zero-order valence-corrected chi connectivity index (χ0v) is 12.1. The highest BCUT2D eigenvalue weighted by molar-refractivity contribution is 5.58. The summed E-state index contributed by atoms with van der Waals surface area (Å²) in [5, 5.41) is 15.3. The van der Waals surface area contributed by atoms with Crippen molar-refractivity contribution in [1.82, 2.24) is 30.3 Å². The van der Waals surface area contributed by atoms with Gasteiger partial charge in [0.05, 0.1) is 11.3 Å². The number of aromatic nitrogens is 5. The summed E-state index contributed by atoms with van der Waals surface area (Å²) in [5.41, 5.74) is 2.09. The summed E-state index contributed by atoms with van der Waals surface area (Å²) in [5.74, 6) is 1.59. The maximum absolute atomic E-state index is 4.65. The lowest BCUT2D eigenvalue weighted by Gasteiger charge is -2.16. The van der Waals surface area contributed by atoms with E-state index in [0.717, 1.165) is 62.1 Å². The molecule has 0 aliphatic carbocycles. The van der Waals surface area contributed by atoms with E-state index in [1.165, 1.54) is 0 Å². The van der Waals surface area contributed by atoms with E-state index in [0.29, 0.717) is 0 Å². The summed E-state index contributed by atoms with van der Waals surface area (Å²) >= 11 is 0. The Morgan fingerprint density at radius 2 is 2.20 bits per heavy atom. The summed E-state index contributed by atoms with van der Waals surface area (Å²) in [6.07, 6.45) is 4.00. The first-order valence-electron chi connectivity index (χ1n) is 7.19. The lowest BCUT2D eigenvalue weighted by molar-refractivity contribution is 0.724. The highest BCUT2D eigenvalue weighted by Crippen LogP contribution is 2.21. The summed E-state index contributed by atoms with van der Waals surface area (Å²) in [6, 6.07) is 0. The Hall–Kier alpha value is -1.89. The molecule has 0 saturated carbocycles. The van der Waals surface area contributed by atoms with Crippen molar-refractivity contribution in [2.75, 3.05) is 31.1 Å². The average Bonchev–Trinajstić information content (AvgIpc) is 2.97. The van der Waals surface area contributed by atoms with Crippen LogP contribution in [0, 0.1) is 0 Å². The van der Waals surface area contributed by atoms with Crippen molar-refractivity contribution in [3.63, 3.8) is 0 Å². The van der Waals surface area contributed by atoms with Crippen LogP contribution in [-0.2, 0) is 13.5 Å². The molecule has 3 heterocycles. The molecule has 0 amide bonds. The van der Waals surface area contributed by atoms with Crippen molar-refractivity contribution < 1.29 is 0 Å². The number of hydrogen-bond acceptors (Lipinski definition) is 5. The van der Waals surface area contributed by atoms with Gasteiger partial charge in [-0.15, -0.1) is 5.10 Å². The van der Waals surface area contributed by atoms with Crippen LogP contribution in [0.15, 0.2) is 6.20 Å². The number of H-pyrrole nitrogens is 1. The van der Waals surface area contributed by atoms with Crippen LogP contribution in [0.3, 0.4) is 0 Å². The molecule has 2 N–H and O–H groups in total. The van der Waals surface area contributed by atoms with E-state index in [1.54, 1.807) is 0 Å². The van der Waals surface area contributed by atoms with Crippen molar-refractivity contribution >= 4 is 5.95 Å². The fourth-order valence-corrected chi connectivity index (χ4v) is 2.55. The topological polar surface area (TPSA) is 74.7 Å². The molecule has 2 aromatic rings. The van der Waals surface area contributed by atoms with Gasteiger partial charge >= 0.3 is 0 Å². The van der Waals surface area contributed by atoms with Crippen LogP contribution in [0.2, 0.25) is 0 Å². The molecule has 2 aromatic heterocycles. The second-order valence-electron chi connectivity index (χ2n) is 5.09. The van der Waals surface area contributed by atoms with Gasteiger partial charge in [-0.05, 0) is 19.4 Å². The molecule has 0 aromatic carbocycles. The van der Waals surface area contributed by atoms with Gasteiger partial charge in [-0.1, -0.05) is 6.92 Å². The monoisotopic (exact) mass is 275 g/mol. The Balaban J connectivity index is 1.85. The Kier molecular flexibility index (Phi) is 3.68. The van der Waals surface area contributed by atoms with E-state index >= 15 is 0 Å². The molecule has 1 aliphatic rings. The van der Waals surface area contributed by atoms with Gasteiger partial charge in [0.1, 0.15) is 0 Å². The third-order valence-corrected chi connectivity index (χ3v) is 3.59. The molecule has 1 fully saturated rings. The molecule has 0 radical (unpaired) electrons. The zero-order valence-electron chi connectivity index (χ0n) is 12.1.